The lowest BCUT2D eigenvalue weighted by molar-refractivity contribution is -0.131. The molecule has 0 saturated heterocycles. The fourth-order valence-electron chi connectivity index (χ4n) is 3.42. The lowest BCUT2D eigenvalue weighted by atomic mass is 9.97. The lowest BCUT2D eigenvalue weighted by Gasteiger charge is -2.32. The topological polar surface area (TPSA) is 106 Å². The molecule has 2 aliphatic rings. The maximum atomic E-state index is 13.4. The highest BCUT2D eigenvalue weighted by Crippen LogP contribution is 2.21. The number of amides is 3. The molecule has 1 aromatic rings. The van der Waals surface area contributed by atoms with Crippen molar-refractivity contribution in [1.82, 2.24) is 16.0 Å². The first kappa shape index (κ1) is 26.2. The van der Waals surface area contributed by atoms with E-state index >= 15 is 0 Å². The highest BCUT2D eigenvalue weighted by molar-refractivity contribution is 5.92. The van der Waals surface area contributed by atoms with Gasteiger partial charge in [-0.25, -0.2) is 4.79 Å². The Morgan fingerprint density at radius 3 is 2.27 bits per heavy atom. The first-order valence-electron chi connectivity index (χ1n) is 11.4. The number of hydrogen-bond acceptors (Lipinski definition) is 5. The van der Waals surface area contributed by atoms with Crippen molar-refractivity contribution in [3.8, 4) is 5.75 Å². The molecule has 1 aromatic carbocycles. The van der Waals surface area contributed by atoms with Gasteiger partial charge in [-0.2, -0.15) is 0 Å². The van der Waals surface area contributed by atoms with Crippen LogP contribution in [0.4, 0.5) is 4.79 Å². The molecular weight excluding hydrogens is 422 g/mol. The average molecular weight is 460 g/mol. The first-order valence-corrected chi connectivity index (χ1v) is 11.4. The summed E-state index contributed by atoms with van der Waals surface area (Å²) in [5.74, 6) is -0.266. The van der Waals surface area contributed by atoms with Crippen molar-refractivity contribution in [3.05, 3.63) is 36.0 Å². The third kappa shape index (κ3) is 8.44. The molecule has 0 aliphatic carbocycles. The molecule has 0 radical (unpaired) electrons. The van der Waals surface area contributed by atoms with Crippen LogP contribution >= 0.6 is 0 Å². The number of ether oxygens (including phenoxy) is 2. The predicted octanol–water partition coefficient (Wildman–Crippen LogP) is 3.61. The Morgan fingerprint density at radius 2 is 1.73 bits per heavy atom. The molecule has 33 heavy (non-hydrogen) atoms. The van der Waals surface area contributed by atoms with Gasteiger partial charge in [-0.1, -0.05) is 39.8 Å². The molecular formula is C25H37N3O5. The van der Waals surface area contributed by atoms with Crippen LogP contribution in [0.2, 0.25) is 0 Å². The number of fused-ring (bicyclic) bond motifs is 10. The van der Waals surface area contributed by atoms with Crippen LogP contribution < -0.4 is 20.7 Å². The van der Waals surface area contributed by atoms with E-state index in [-0.39, 0.29) is 17.7 Å². The standard InChI is InChI=1S/C25H37N3O5/c1-15(2)14-19-22(29)26-13-12-17-8-10-18(11-9-17)32-21(16(3)4)20(23(30)27-19)28-24(31)33-25(5,6)7/h8-13,15-16,19-21H,14H2,1-7H3,(H,26,29)(H,27,30)(H,28,31)/b13-12-/t19-,20-,21+/m0/s1. The van der Waals surface area contributed by atoms with E-state index in [1.807, 2.05) is 39.8 Å². The Balaban J connectivity index is 2.46. The molecule has 3 atom stereocenters. The van der Waals surface area contributed by atoms with Crippen LogP contribution in [-0.2, 0) is 14.3 Å². The van der Waals surface area contributed by atoms with E-state index in [9.17, 15) is 14.4 Å². The molecule has 3 amide bonds. The van der Waals surface area contributed by atoms with Crippen molar-refractivity contribution in [1.29, 1.82) is 0 Å². The van der Waals surface area contributed by atoms with E-state index < -0.39 is 35.8 Å². The van der Waals surface area contributed by atoms with Crippen LogP contribution in [0, 0.1) is 11.8 Å². The van der Waals surface area contributed by atoms with Crippen molar-refractivity contribution < 1.29 is 23.9 Å². The molecule has 2 heterocycles. The zero-order valence-electron chi connectivity index (χ0n) is 20.6. The lowest BCUT2D eigenvalue weighted by Crippen LogP contribution is -2.60. The first-order chi connectivity index (χ1) is 15.4. The minimum atomic E-state index is -1.08. The Morgan fingerprint density at radius 1 is 1.09 bits per heavy atom. The highest BCUT2D eigenvalue weighted by atomic mass is 16.6. The van der Waals surface area contributed by atoms with Crippen molar-refractivity contribution in [2.24, 2.45) is 11.8 Å². The average Bonchev–Trinajstić information content (AvgIpc) is 2.68. The second kappa shape index (κ2) is 11.2. The van der Waals surface area contributed by atoms with Crippen molar-refractivity contribution in [2.75, 3.05) is 0 Å². The molecule has 0 fully saturated rings. The summed E-state index contributed by atoms with van der Waals surface area (Å²) in [5.41, 5.74) is 0.145. The van der Waals surface area contributed by atoms with E-state index in [0.717, 1.165) is 5.56 Å². The molecule has 182 valence electrons. The van der Waals surface area contributed by atoms with Crippen LogP contribution in [0.15, 0.2) is 30.5 Å². The maximum Gasteiger partial charge on any atom is 0.408 e. The SMILES string of the molecule is CC(C)C[C@@H]1NC(=O)[C@@H](NC(=O)OC(C)(C)C)[C@@H](C(C)C)Oc2ccc(cc2)/C=C\NC1=O. The van der Waals surface area contributed by atoms with E-state index in [1.54, 1.807) is 45.2 Å². The molecule has 8 nitrogen and oxygen atoms in total. The van der Waals surface area contributed by atoms with Crippen LogP contribution in [0.25, 0.3) is 6.08 Å². The molecule has 0 spiro atoms. The van der Waals surface area contributed by atoms with E-state index in [2.05, 4.69) is 16.0 Å². The number of carbonyl (C=O) groups is 3. The molecule has 2 bridgehead atoms. The molecule has 3 rings (SSSR count). The summed E-state index contributed by atoms with van der Waals surface area (Å²) in [5, 5.41) is 8.23. The van der Waals surface area contributed by atoms with Gasteiger partial charge in [-0.05, 0) is 62.8 Å². The summed E-state index contributed by atoms with van der Waals surface area (Å²) >= 11 is 0. The maximum absolute atomic E-state index is 13.4. The number of hydrogen-bond donors (Lipinski definition) is 3. The number of alkyl carbamates (subject to hydrolysis) is 1. The van der Waals surface area contributed by atoms with Crippen molar-refractivity contribution >= 4 is 24.0 Å². The number of rotatable bonds is 4. The van der Waals surface area contributed by atoms with Gasteiger partial charge in [0.25, 0.3) is 0 Å². The Kier molecular flexibility index (Phi) is 8.91. The zero-order chi connectivity index (χ0) is 24.8. The summed E-state index contributed by atoms with van der Waals surface area (Å²) in [4.78, 5) is 38.9. The monoisotopic (exact) mass is 459 g/mol. The second-order valence-electron chi connectivity index (χ2n) is 10.1. The van der Waals surface area contributed by atoms with Gasteiger partial charge in [0.1, 0.15) is 29.5 Å². The number of carbonyl (C=O) groups excluding carboxylic acids is 3. The largest absolute Gasteiger partial charge is 0.487 e. The summed E-state index contributed by atoms with van der Waals surface area (Å²) in [6.07, 6.45) is 2.32. The molecule has 0 saturated carbocycles. The fourth-order valence-corrected chi connectivity index (χ4v) is 3.42. The van der Waals surface area contributed by atoms with Crippen LogP contribution in [0.3, 0.4) is 0 Å². The summed E-state index contributed by atoms with van der Waals surface area (Å²) in [6.45, 7) is 13.0. The molecule has 3 N–H and O–H groups in total. The van der Waals surface area contributed by atoms with Gasteiger partial charge in [-0.3, -0.25) is 9.59 Å². The van der Waals surface area contributed by atoms with Crippen molar-refractivity contribution in [2.45, 2.75) is 78.7 Å². The van der Waals surface area contributed by atoms with E-state index in [1.165, 1.54) is 0 Å². The zero-order valence-corrected chi connectivity index (χ0v) is 20.6. The van der Waals surface area contributed by atoms with Gasteiger partial charge in [-0.15, -0.1) is 0 Å². The minimum absolute atomic E-state index is 0.138. The van der Waals surface area contributed by atoms with Crippen LogP contribution in [0.5, 0.6) is 5.75 Å². The Labute approximate surface area is 196 Å². The summed E-state index contributed by atoms with van der Waals surface area (Å²) in [7, 11) is 0. The van der Waals surface area contributed by atoms with Crippen molar-refractivity contribution in [3.63, 3.8) is 0 Å². The Hall–Kier alpha value is -3.03. The third-order valence-corrected chi connectivity index (χ3v) is 4.93. The Bertz CT molecular complexity index is 856. The number of nitrogens with one attached hydrogen (secondary N) is 3. The second-order valence-corrected chi connectivity index (χ2v) is 10.1. The molecule has 2 aliphatic heterocycles. The smallest absolute Gasteiger partial charge is 0.408 e. The summed E-state index contributed by atoms with van der Waals surface area (Å²) in [6, 6.07) is 5.41. The van der Waals surface area contributed by atoms with Crippen LogP contribution in [0.1, 0.15) is 60.5 Å². The van der Waals surface area contributed by atoms with Gasteiger partial charge in [0.15, 0.2) is 0 Å². The van der Waals surface area contributed by atoms with Gasteiger partial charge in [0.05, 0.1) is 0 Å². The van der Waals surface area contributed by atoms with Gasteiger partial charge in [0, 0.05) is 6.20 Å². The van der Waals surface area contributed by atoms with Crippen LogP contribution in [-0.4, -0.2) is 41.7 Å². The highest BCUT2D eigenvalue weighted by Gasteiger charge is 2.37. The normalized spacial score (nSPS) is 22.8. The third-order valence-electron chi connectivity index (χ3n) is 4.93. The van der Waals surface area contributed by atoms with Gasteiger partial charge < -0.3 is 25.4 Å². The quantitative estimate of drug-likeness (QED) is 0.638. The number of benzene rings is 1. The molecule has 0 unspecified atom stereocenters. The molecule has 8 heteroatoms. The predicted molar refractivity (Wildman–Crippen MR) is 127 cm³/mol. The van der Waals surface area contributed by atoms with E-state index in [4.69, 9.17) is 9.47 Å². The minimum Gasteiger partial charge on any atom is -0.487 e. The fraction of sp³-hybridized carbons (Fsp3) is 0.560. The van der Waals surface area contributed by atoms with E-state index in [0.29, 0.717) is 12.2 Å². The van der Waals surface area contributed by atoms with Gasteiger partial charge in [0.2, 0.25) is 11.8 Å². The molecule has 0 aromatic heterocycles. The van der Waals surface area contributed by atoms with Gasteiger partial charge >= 0.3 is 6.09 Å². The summed E-state index contributed by atoms with van der Waals surface area (Å²) < 4.78 is 11.6.